The quantitative estimate of drug-likeness (QED) is 0.774. The number of nitrogens with zero attached hydrogens (tertiary/aromatic N) is 1. The van der Waals surface area contributed by atoms with Crippen molar-refractivity contribution in [2.75, 3.05) is 32.8 Å². The molecule has 0 amide bonds. The van der Waals surface area contributed by atoms with Crippen LogP contribution in [0.1, 0.15) is 31.4 Å². The molecule has 0 aromatic heterocycles. The Labute approximate surface area is 123 Å². The SMILES string of the molecule is CCCNCCc1ccc(CN2CCOCC2C)cc1. The van der Waals surface area contributed by atoms with Gasteiger partial charge in [-0.2, -0.15) is 0 Å². The Bertz CT molecular complexity index is 377. The molecule has 1 heterocycles. The van der Waals surface area contributed by atoms with Crippen LogP contribution in [0.3, 0.4) is 0 Å². The highest BCUT2D eigenvalue weighted by Crippen LogP contribution is 2.13. The van der Waals surface area contributed by atoms with Gasteiger partial charge in [-0.15, -0.1) is 0 Å². The van der Waals surface area contributed by atoms with E-state index in [1.807, 2.05) is 0 Å². The standard InChI is InChI=1S/C17H28N2O/c1-3-9-18-10-8-16-4-6-17(7-5-16)13-19-11-12-20-14-15(19)2/h4-7,15,18H,3,8-14H2,1-2H3. The van der Waals surface area contributed by atoms with E-state index >= 15 is 0 Å². The van der Waals surface area contributed by atoms with Crippen LogP contribution in [0.2, 0.25) is 0 Å². The lowest BCUT2D eigenvalue weighted by Crippen LogP contribution is -2.42. The van der Waals surface area contributed by atoms with Crippen molar-refractivity contribution >= 4 is 0 Å². The van der Waals surface area contributed by atoms with Crippen LogP contribution in [0, 0.1) is 0 Å². The number of nitrogens with one attached hydrogen (secondary N) is 1. The summed E-state index contributed by atoms with van der Waals surface area (Å²) >= 11 is 0. The summed E-state index contributed by atoms with van der Waals surface area (Å²) in [5, 5.41) is 3.45. The lowest BCUT2D eigenvalue weighted by atomic mass is 10.1. The predicted octanol–water partition coefficient (Wildman–Crippen LogP) is 2.45. The van der Waals surface area contributed by atoms with E-state index in [1.165, 1.54) is 17.5 Å². The summed E-state index contributed by atoms with van der Waals surface area (Å²) in [7, 11) is 0. The molecule has 1 N–H and O–H groups in total. The average Bonchev–Trinajstić information content (AvgIpc) is 2.48. The maximum absolute atomic E-state index is 5.48. The van der Waals surface area contributed by atoms with E-state index < -0.39 is 0 Å². The molecule has 1 fully saturated rings. The van der Waals surface area contributed by atoms with Crippen molar-refractivity contribution in [2.45, 2.75) is 39.3 Å². The molecule has 1 aliphatic heterocycles. The van der Waals surface area contributed by atoms with Crippen LogP contribution in [0.4, 0.5) is 0 Å². The predicted molar refractivity (Wildman–Crippen MR) is 84.0 cm³/mol. The zero-order valence-corrected chi connectivity index (χ0v) is 12.9. The van der Waals surface area contributed by atoms with Gasteiger partial charge in [0.1, 0.15) is 0 Å². The molecule has 1 aromatic carbocycles. The molecule has 1 aromatic rings. The first kappa shape index (κ1) is 15.5. The molecule has 3 heteroatoms. The summed E-state index contributed by atoms with van der Waals surface area (Å²) in [6.45, 7) is 10.5. The second kappa shape index (κ2) is 8.40. The molecular formula is C17H28N2O. The van der Waals surface area contributed by atoms with Gasteiger partial charge >= 0.3 is 0 Å². The molecule has 1 atom stereocenters. The third-order valence-corrected chi connectivity index (χ3v) is 3.93. The van der Waals surface area contributed by atoms with Gasteiger partial charge in [0, 0.05) is 19.1 Å². The van der Waals surface area contributed by atoms with Gasteiger partial charge in [-0.3, -0.25) is 4.90 Å². The zero-order valence-electron chi connectivity index (χ0n) is 12.9. The first-order valence-electron chi connectivity index (χ1n) is 7.90. The molecule has 1 saturated heterocycles. The Morgan fingerprint density at radius 2 is 1.95 bits per heavy atom. The Morgan fingerprint density at radius 3 is 2.65 bits per heavy atom. The number of morpholine rings is 1. The monoisotopic (exact) mass is 276 g/mol. The van der Waals surface area contributed by atoms with E-state index in [-0.39, 0.29) is 0 Å². The minimum atomic E-state index is 0.529. The molecule has 0 saturated carbocycles. The topological polar surface area (TPSA) is 24.5 Å². The first-order valence-corrected chi connectivity index (χ1v) is 7.90. The zero-order chi connectivity index (χ0) is 14.2. The summed E-state index contributed by atoms with van der Waals surface area (Å²) in [4.78, 5) is 2.50. The van der Waals surface area contributed by atoms with E-state index in [9.17, 15) is 0 Å². The number of rotatable bonds is 7. The summed E-state index contributed by atoms with van der Waals surface area (Å²) in [6, 6.07) is 9.62. The van der Waals surface area contributed by atoms with Gasteiger partial charge < -0.3 is 10.1 Å². The molecule has 0 radical (unpaired) electrons. The minimum Gasteiger partial charge on any atom is -0.379 e. The molecule has 0 aliphatic carbocycles. The van der Waals surface area contributed by atoms with Gasteiger partial charge in [-0.25, -0.2) is 0 Å². The Hall–Kier alpha value is -0.900. The molecule has 0 bridgehead atoms. The Kier molecular flexibility index (Phi) is 6.51. The Morgan fingerprint density at radius 1 is 1.20 bits per heavy atom. The number of ether oxygens (including phenoxy) is 1. The summed E-state index contributed by atoms with van der Waals surface area (Å²) in [5.41, 5.74) is 2.83. The van der Waals surface area contributed by atoms with Gasteiger partial charge in [0.15, 0.2) is 0 Å². The van der Waals surface area contributed by atoms with Crippen molar-refractivity contribution in [3.63, 3.8) is 0 Å². The van der Waals surface area contributed by atoms with E-state index in [2.05, 4.69) is 48.3 Å². The fraction of sp³-hybridized carbons (Fsp3) is 0.647. The van der Waals surface area contributed by atoms with Crippen LogP contribution in [0.15, 0.2) is 24.3 Å². The summed E-state index contributed by atoms with van der Waals surface area (Å²) in [5.74, 6) is 0. The summed E-state index contributed by atoms with van der Waals surface area (Å²) in [6.07, 6.45) is 2.32. The molecule has 0 spiro atoms. The van der Waals surface area contributed by atoms with E-state index in [0.717, 1.165) is 45.8 Å². The van der Waals surface area contributed by atoms with Crippen molar-refractivity contribution < 1.29 is 4.74 Å². The van der Waals surface area contributed by atoms with Crippen molar-refractivity contribution in [2.24, 2.45) is 0 Å². The highest BCUT2D eigenvalue weighted by atomic mass is 16.5. The van der Waals surface area contributed by atoms with Crippen molar-refractivity contribution in [1.82, 2.24) is 10.2 Å². The third kappa shape index (κ3) is 4.89. The Balaban J connectivity index is 1.78. The van der Waals surface area contributed by atoms with Crippen LogP contribution in [-0.2, 0) is 17.7 Å². The number of benzene rings is 1. The smallest absolute Gasteiger partial charge is 0.0619 e. The van der Waals surface area contributed by atoms with Crippen LogP contribution in [-0.4, -0.2) is 43.8 Å². The lowest BCUT2D eigenvalue weighted by molar-refractivity contribution is -0.00437. The minimum absolute atomic E-state index is 0.529. The molecule has 3 nitrogen and oxygen atoms in total. The van der Waals surface area contributed by atoms with Gasteiger partial charge in [0.05, 0.1) is 13.2 Å². The molecule has 112 valence electrons. The van der Waals surface area contributed by atoms with Crippen molar-refractivity contribution in [1.29, 1.82) is 0 Å². The second-order valence-corrected chi connectivity index (χ2v) is 5.71. The van der Waals surface area contributed by atoms with Gasteiger partial charge in [0.2, 0.25) is 0 Å². The fourth-order valence-corrected chi connectivity index (χ4v) is 2.58. The van der Waals surface area contributed by atoms with Crippen molar-refractivity contribution in [3.05, 3.63) is 35.4 Å². The van der Waals surface area contributed by atoms with Crippen molar-refractivity contribution in [3.8, 4) is 0 Å². The van der Waals surface area contributed by atoms with Gasteiger partial charge in [-0.05, 0) is 44.0 Å². The normalized spacial score (nSPS) is 20.2. The highest BCUT2D eigenvalue weighted by Gasteiger charge is 2.18. The fourth-order valence-electron chi connectivity index (χ4n) is 2.58. The van der Waals surface area contributed by atoms with Gasteiger partial charge in [0.25, 0.3) is 0 Å². The second-order valence-electron chi connectivity index (χ2n) is 5.71. The van der Waals surface area contributed by atoms with Crippen LogP contribution >= 0.6 is 0 Å². The molecule has 2 rings (SSSR count). The van der Waals surface area contributed by atoms with Gasteiger partial charge in [-0.1, -0.05) is 31.2 Å². The average molecular weight is 276 g/mol. The van der Waals surface area contributed by atoms with Crippen LogP contribution in [0.25, 0.3) is 0 Å². The molecule has 1 unspecified atom stereocenters. The molecular weight excluding hydrogens is 248 g/mol. The van der Waals surface area contributed by atoms with Crippen LogP contribution < -0.4 is 5.32 Å². The lowest BCUT2D eigenvalue weighted by Gasteiger charge is -2.33. The summed E-state index contributed by atoms with van der Waals surface area (Å²) < 4.78 is 5.48. The largest absolute Gasteiger partial charge is 0.379 e. The highest BCUT2D eigenvalue weighted by molar-refractivity contribution is 5.22. The number of hydrogen-bond donors (Lipinski definition) is 1. The maximum atomic E-state index is 5.48. The van der Waals surface area contributed by atoms with E-state index in [1.54, 1.807) is 0 Å². The van der Waals surface area contributed by atoms with Crippen LogP contribution in [0.5, 0.6) is 0 Å². The first-order chi connectivity index (χ1) is 9.79. The third-order valence-electron chi connectivity index (χ3n) is 3.93. The van der Waals surface area contributed by atoms with E-state index in [4.69, 9.17) is 4.74 Å². The molecule has 1 aliphatic rings. The molecule has 20 heavy (non-hydrogen) atoms. The maximum Gasteiger partial charge on any atom is 0.0619 e. The number of hydrogen-bond acceptors (Lipinski definition) is 3. The van der Waals surface area contributed by atoms with E-state index in [0.29, 0.717) is 6.04 Å².